The zero-order chi connectivity index (χ0) is 13.5. The Kier molecular flexibility index (Phi) is 2.69. The van der Waals surface area contributed by atoms with Crippen molar-refractivity contribution in [1.29, 1.82) is 0 Å². The van der Waals surface area contributed by atoms with E-state index in [9.17, 15) is 0 Å². The van der Waals surface area contributed by atoms with E-state index in [0.717, 1.165) is 22.9 Å². The summed E-state index contributed by atoms with van der Waals surface area (Å²) >= 11 is 0. The van der Waals surface area contributed by atoms with Crippen molar-refractivity contribution >= 4 is 0 Å². The summed E-state index contributed by atoms with van der Waals surface area (Å²) in [5, 5.41) is 8.24. The van der Waals surface area contributed by atoms with Crippen LogP contribution < -0.4 is 9.47 Å². The van der Waals surface area contributed by atoms with Crippen LogP contribution >= 0.6 is 0 Å². The molecule has 0 bridgehead atoms. The molecule has 0 radical (unpaired) electrons. The van der Waals surface area contributed by atoms with Gasteiger partial charge in [0.25, 0.3) is 0 Å². The molecular formula is C14H17N3O2. The van der Waals surface area contributed by atoms with Crippen molar-refractivity contribution in [3.63, 3.8) is 0 Å². The van der Waals surface area contributed by atoms with E-state index in [1.165, 1.54) is 0 Å². The van der Waals surface area contributed by atoms with Gasteiger partial charge in [-0.25, -0.2) is 0 Å². The van der Waals surface area contributed by atoms with Gasteiger partial charge in [0, 0.05) is 11.1 Å². The number of fused-ring (bicyclic) bond motifs is 1. The second-order valence-electron chi connectivity index (χ2n) is 5.55. The SMILES string of the molecule is CC(C)(C)n1cnnc1-c1ccc2c(c1)OCCO2. The van der Waals surface area contributed by atoms with Crippen molar-refractivity contribution in [2.75, 3.05) is 13.2 Å². The lowest BCUT2D eigenvalue weighted by atomic mass is 10.1. The predicted octanol–water partition coefficient (Wildman–Crippen LogP) is 2.47. The molecule has 2 aromatic rings. The van der Waals surface area contributed by atoms with E-state index in [1.807, 2.05) is 18.2 Å². The number of hydrogen-bond acceptors (Lipinski definition) is 4. The van der Waals surface area contributed by atoms with Crippen molar-refractivity contribution in [1.82, 2.24) is 14.8 Å². The van der Waals surface area contributed by atoms with Crippen molar-refractivity contribution in [2.45, 2.75) is 26.3 Å². The summed E-state index contributed by atoms with van der Waals surface area (Å²) in [5.74, 6) is 2.40. The molecule has 1 aromatic heterocycles. The lowest BCUT2D eigenvalue weighted by molar-refractivity contribution is 0.171. The highest BCUT2D eigenvalue weighted by Gasteiger charge is 2.20. The molecule has 3 rings (SSSR count). The molecule has 5 nitrogen and oxygen atoms in total. The van der Waals surface area contributed by atoms with Gasteiger partial charge in [-0.3, -0.25) is 0 Å². The molecule has 0 fully saturated rings. The minimum Gasteiger partial charge on any atom is -0.486 e. The first kappa shape index (κ1) is 12.0. The zero-order valence-corrected chi connectivity index (χ0v) is 11.4. The van der Waals surface area contributed by atoms with Crippen LogP contribution in [0.2, 0.25) is 0 Å². The molecule has 0 saturated heterocycles. The normalized spacial score (nSPS) is 14.5. The third-order valence-corrected chi connectivity index (χ3v) is 3.07. The highest BCUT2D eigenvalue weighted by molar-refractivity contribution is 5.61. The van der Waals surface area contributed by atoms with Crippen LogP contribution in [-0.4, -0.2) is 28.0 Å². The minimum atomic E-state index is -0.0634. The van der Waals surface area contributed by atoms with Crippen molar-refractivity contribution < 1.29 is 9.47 Å². The van der Waals surface area contributed by atoms with Gasteiger partial charge >= 0.3 is 0 Å². The van der Waals surface area contributed by atoms with E-state index in [0.29, 0.717) is 13.2 Å². The summed E-state index contributed by atoms with van der Waals surface area (Å²) in [4.78, 5) is 0. The summed E-state index contributed by atoms with van der Waals surface area (Å²) in [6.45, 7) is 7.56. The van der Waals surface area contributed by atoms with Crippen LogP contribution in [0.1, 0.15) is 20.8 Å². The maximum Gasteiger partial charge on any atom is 0.164 e. The van der Waals surface area contributed by atoms with Crippen LogP contribution in [0.5, 0.6) is 11.5 Å². The Hall–Kier alpha value is -2.04. The summed E-state index contributed by atoms with van der Waals surface area (Å²) in [7, 11) is 0. The summed E-state index contributed by atoms with van der Waals surface area (Å²) in [6.07, 6.45) is 1.76. The third kappa shape index (κ3) is 2.16. The molecule has 0 spiro atoms. The molecule has 5 heteroatoms. The van der Waals surface area contributed by atoms with Gasteiger partial charge in [0.05, 0.1) is 0 Å². The Morgan fingerprint density at radius 1 is 1.11 bits per heavy atom. The number of rotatable bonds is 1. The Bertz CT molecular complexity index is 599. The fourth-order valence-electron chi connectivity index (χ4n) is 2.11. The molecule has 2 heterocycles. The quantitative estimate of drug-likeness (QED) is 0.789. The fourth-order valence-corrected chi connectivity index (χ4v) is 2.11. The van der Waals surface area contributed by atoms with Gasteiger partial charge in [-0.15, -0.1) is 10.2 Å². The molecule has 0 amide bonds. The summed E-state index contributed by atoms with van der Waals surface area (Å²) in [5.41, 5.74) is 0.920. The highest BCUT2D eigenvalue weighted by atomic mass is 16.6. The maximum absolute atomic E-state index is 5.61. The van der Waals surface area contributed by atoms with E-state index in [2.05, 4.69) is 35.5 Å². The lowest BCUT2D eigenvalue weighted by Crippen LogP contribution is -2.22. The van der Waals surface area contributed by atoms with E-state index in [-0.39, 0.29) is 5.54 Å². The van der Waals surface area contributed by atoms with E-state index < -0.39 is 0 Å². The van der Waals surface area contributed by atoms with Crippen LogP contribution in [0.15, 0.2) is 24.5 Å². The van der Waals surface area contributed by atoms with Gasteiger partial charge in [-0.1, -0.05) is 0 Å². The van der Waals surface area contributed by atoms with Crippen molar-refractivity contribution in [3.05, 3.63) is 24.5 Å². The van der Waals surface area contributed by atoms with E-state index in [1.54, 1.807) is 6.33 Å². The lowest BCUT2D eigenvalue weighted by Gasteiger charge is -2.23. The largest absolute Gasteiger partial charge is 0.486 e. The Labute approximate surface area is 112 Å². The summed E-state index contributed by atoms with van der Waals surface area (Å²) < 4.78 is 13.2. The topological polar surface area (TPSA) is 49.2 Å². The van der Waals surface area contributed by atoms with Crippen molar-refractivity contribution in [2.24, 2.45) is 0 Å². The molecular weight excluding hydrogens is 242 g/mol. The maximum atomic E-state index is 5.61. The first-order valence-electron chi connectivity index (χ1n) is 6.36. The molecule has 1 aromatic carbocycles. The average Bonchev–Trinajstić information content (AvgIpc) is 2.87. The Morgan fingerprint density at radius 2 is 1.84 bits per heavy atom. The molecule has 0 atom stereocenters. The van der Waals surface area contributed by atoms with Gasteiger partial charge in [-0.2, -0.15) is 0 Å². The van der Waals surface area contributed by atoms with Crippen LogP contribution in [0.4, 0.5) is 0 Å². The standard InChI is InChI=1S/C14H17N3O2/c1-14(2,3)17-9-15-16-13(17)10-4-5-11-12(8-10)19-7-6-18-11/h4-5,8-9H,6-7H2,1-3H3. The van der Waals surface area contributed by atoms with E-state index in [4.69, 9.17) is 9.47 Å². The predicted molar refractivity (Wildman–Crippen MR) is 71.4 cm³/mol. The molecule has 0 aliphatic carbocycles. The molecule has 0 N–H and O–H groups in total. The van der Waals surface area contributed by atoms with Crippen LogP contribution in [-0.2, 0) is 5.54 Å². The summed E-state index contributed by atoms with van der Waals surface area (Å²) in [6, 6.07) is 5.87. The second-order valence-corrected chi connectivity index (χ2v) is 5.55. The van der Waals surface area contributed by atoms with Gasteiger partial charge < -0.3 is 14.0 Å². The molecule has 100 valence electrons. The first-order valence-corrected chi connectivity index (χ1v) is 6.36. The first-order chi connectivity index (χ1) is 9.05. The Balaban J connectivity index is 2.06. The van der Waals surface area contributed by atoms with Gasteiger partial charge in [0.15, 0.2) is 17.3 Å². The monoisotopic (exact) mass is 259 g/mol. The highest BCUT2D eigenvalue weighted by Crippen LogP contribution is 2.34. The number of benzene rings is 1. The molecule has 0 saturated carbocycles. The molecule has 1 aliphatic heterocycles. The molecule has 1 aliphatic rings. The average molecular weight is 259 g/mol. The van der Waals surface area contributed by atoms with Crippen LogP contribution in [0.3, 0.4) is 0 Å². The zero-order valence-electron chi connectivity index (χ0n) is 11.4. The molecule has 0 unspecified atom stereocenters. The number of aromatic nitrogens is 3. The van der Waals surface area contributed by atoms with E-state index >= 15 is 0 Å². The fraction of sp³-hybridized carbons (Fsp3) is 0.429. The van der Waals surface area contributed by atoms with Gasteiger partial charge in [-0.05, 0) is 39.0 Å². The second kappa shape index (κ2) is 4.26. The van der Waals surface area contributed by atoms with Gasteiger partial charge in [0.1, 0.15) is 19.5 Å². The number of nitrogens with zero attached hydrogens (tertiary/aromatic N) is 3. The Morgan fingerprint density at radius 3 is 2.58 bits per heavy atom. The smallest absolute Gasteiger partial charge is 0.164 e. The van der Waals surface area contributed by atoms with Crippen LogP contribution in [0.25, 0.3) is 11.4 Å². The number of ether oxygens (including phenoxy) is 2. The minimum absolute atomic E-state index is 0.0634. The third-order valence-electron chi connectivity index (χ3n) is 3.07. The van der Waals surface area contributed by atoms with Crippen molar-refractivity contribution in [3.8, 4) is 22.9 Å². The van der Waals surface area contributed by atoms with Gasteiger partial charge in [0.2, 0.25) is 0 Å². The van der Waals surface area contributed by atoms with Crippen LogP contribution in [0, 0.1) is 0 Å². The number of hydrogen-bond donors (Lipinski definition) is 0. The molecule has 19 heavy (non-hydrogen) atoms.